The van der Waals surface area contributed by atoms with Crippen molar-refractivity contribution in [1.82, 2.24) is 9.97 Å². The Hall–Kier alpha value is -0.910. The summed E-state index contributed by atoms with van der Waals surface area (Å²) in [5.41, 5.74) is 0. The molecule has 0 radical (unpaired) electrons. The summed E-state index contributed by atoms with van der Waals surface area (Å²) in [6, 6.07) is 2.08. The molecule has 0 bridgehead atoms. The molecule has 0 amide bonds. The lowest BCUT2D eigenvalue weighted by atomic mass is 10.2. The topological polar surface area (TPSA) is 47.0 Å². The summed E-state index contributed by atoms with van der Waals surface area (Å²) in [7, 11) is 0. The van der Waals surface area contributed by atoms with Crippen molar-refractivity contribution in [3.8, 4) is 0 Å². The SMILES string of the molecule is CCc1cc2c(Cl)nc(NCC3CCCO3)nc2s1. The second-order valence-corrected chi connectivity index (χ2v) is 6.11. The molecule has 2 aromatic heterocycles. The van der Waals surface area contributed by atoms with Gasteiger partial charge in [0.2, 0.25) is 5.95 Å². The van der Waals surface area contributed by atoms with Crippen molar-refractivity contribution in [2.24, 2.45) is 0 Å². The number of hydrogen-bond acceptors (Lipinski definition) is 5. The molecule has 102 valence electrons. The fourth-order valence-electron chi connectivity index (χ4n) is 2.20. The number of hydrogen-bond donors (Lipinski definition) is 1. The molecule has 0 saturated carbocycles. The van der Waals surface area contributed by atoms with E-state index in [0.29, 0.717) is 11.1 Å². The fraction of sp³-hybridized carbons (Fsp3) is 0.538. The number of ether oxygens (including phenoxy) is 1. The van der Waals surface area contributed by atoms with Gasteiger partial charge in [-0.15, -0.1) is 11.3 Å². The minimum Gasteiger partial charge on any atom is -0.376 e. The highest BCUT2D eigenvalue weighted by Crippen LogP contribution is 2.30. The Labute approximate surface area is 121 Å². The van der Waals surface area contributed by atoms with E-state index in [1.165, 1.54) is 4.88 Å². The molecule has 3 rings (SSSR count). The molecule has 0 aromatic carbocycles. The maximum absolute atomic E-state index is 6.21. The summed E-state index contributed by atoms with van der Waals surface area (Å²) in [4.78, 5) is 11.1. The monoisotopic (exact) mass is 297 g/mol. The van der Waals surface area contributed by atoms with E-state index in [2.05, 4.69) is 28.3 Å². The maximum Gasteiger partial charge on any atom is 0.225 e. The molecular weight excluding hydrogens is 282 g/mol. The Kier molecular flexibility index (Phi) is 3.86. The minimum absolute atomic E-state index is 0.271. The number of nitrogens with zero attached hydrogens (tertiary/aromatic N) is 2. The number of fused-ring (bicyclic) bond motifs is 1. The van der Waals surface area contributed by atoms with E-state index >= 15 is 0 Å². The van der Waals surface area contributed by atoms with Crippen molar-refractivity contribution in [2.45, 2.75) is 32.3 Å². The summed E-state index contributed by atoms with van der Waals surface area (Å²) in [6.45, 7) is 3.73. The average Bonchev–Trinajstić information content (AvgIpc) is 3.05. The molecule has 4 nitrogen and oxygen atoms in total. The first-order chi connectivity index (χ1) is 9.26. The van der Waals surface area contributed by atoms with E-state index in [1.807, 2.05) is 0 Å². The van der Waals surface area contributed by atoms with Crippen LogP contribution in [0.4, 0.5) is 5.95 Å². The van der Waals surface area contributed by atoms with Gasteiger partial charge in [-0.3, -0.25) is 0 Å². The molecule has 3 heterocycles. The molecule has 1 aliphatic heterocycles. The van der Waals surface area contributed by atoms with Crippen LogP contribution in [-0.2, 0) is 11.2 Å². The number of nitrogens with one attached hydrogen (secondary N) is 1. The lowest BCUT2D eigenvalue weighted by Crippen LogP contribution is -2.19. The highest BCUT2D eigenvalue weighted by atomic mass is 35.5. The zero-order valence-electron chi connectivity index (χ0n) is 10.8. The number of rotatable bonds is 4. The number of halogens is 1. The van der Waals surface area contributed by atoms with Crippen LogP contribution in [0.1, 0.15) is 24.6 Å². The first-order valence-corrected chi connectivity index (χ1v) is 7.77. The number of thiophene rings is 1. The van der Waals surface area contributed by atoms with Crippen LogP contribution >= 0.6 is 22.9 Å². The fourth-order valence-corrected chi connectivity index (χ4v) is 3.45. The van der Waals surface area contributed by atoms with Gasteiger partial charge in [0, 0.05) is 23.4 Å². The zero-order chi connectivity index (χ0) is 13.2. The van der Waals surface area contributed by atoms with Crippen LogP contribution in [0.2, 0.25) is 5.15 Å². The zero-order valence-corrected chi connectivity index (χ0v) is 12.4. The standard InChI is InChI=1S/C13H16ClN3OS/c1-2-9-6-10-11(14)16-13(17-12(10)19-9)15-7-8-4-3-5-18-8/h6,8H,2-5,7H2,1H3,(H,15,16,17). The van der Waals surface area contributed by atoms with Gasteiger partial charge >= 0.3 is 0 Å². The van der Waals surface area contributed by atoms with Gasteiger partial charge in [-0.05, 0) is 25.3 Å². The largest absolute Gasteiger partial charge is 0.376 e. The summed E-state index contributed by atoms with van der Waals surface area (Å²) in [5.74, 6) is 0.595. The summed E-state index contributed by atoms with van der Waals surface area (Å²) in [5, 5.41) is 4.70. The first-order valence-electron chi connectivity index (χ1n) is 6.57. The number of aryl methyl sites for hydroxylation is 1. The Morgan fingerprint density at radius 3 is 3.16 bits per heavy atom. The van der Waals surface area contributed by atoms with Crippen molar-refractivity contribution < 1.29 is 4.74 Å². The molecule has 1 aliphatic rings. The van der Waals surface area contributed by atoms with Gasteiger partial charge in [0.15, 0.2) is 0 Å². The van der Waals surface area contributed by atoms with Gasteiger partial charge in [-0.2, -0.15) is 0 Å². The van der Waals surface area contributed by atoms with Gasteiger partial charge in [0.1, 0.15) is 9.98 Å². The van der Waals surface area contributed by atoms with Crippen LogP contribution in [0.25, 0.3) is 10.2 Å². The van der Waals surface area contributed by atoms with Gasteiger partial charge in [-0.25, -0.2) is 9.97 Å². The number of anilines is 1. The molecule has 1 atom stereocenters. The molecule has 0 spiro atoms. The number of aromatic nitrogens is 2. The van der Waals surface area contributed by atoms with Crippen molar-refractivity contribution in [2.75, 3.05) is 18.5 Å². The van der Waals surface area contributed by atoms with Gasteiger partial charge in [0.05, 0.1) is 6.10 Å². The van der Waals surface area contributed by atoms with Crippen molar-refractivity contribution >= 4 is 39.1 Å². The van der Waals surface area contributed by atoms with Gasteiger partial charge in [-0.1, -0.05) is 18.5 Å². The molecular formula is C13H16ClN3OS. The molecule has 1 saturated heterocycles. The predicted octanol–water partition coefficient (Wildman–Crippen LogP) is 3.50. The summed E-state index contributed by atoms with van der Waals surface area (Å²) < 4.78 is 5.57. The average molecular weight is 298 g/mol. The highest BCUT2D eigenvalue weighted by molar-refractivity contribution is 7.18. The van der Waals surface area contributed by atoms with Crippen LogP contribution in [-0.4, -0.2) is 29.2 Å². The van der Waals surface area contributed by atoms with Gasteiger partial charge in [0.25, 0.3) is 0 Å². The van der Waals surface area contributed by atoms with E-state index in [9.17, 15) is 0 Å². The van der Waals surface area contributed by atoms with E-state index in [1.54, 1.807) is 11.3 Å². The third-order valence-corrected chi connectivity index (χ3v) is 4.72. The third-order valence-electron chi connectivity index (χ3n) is 3.26. The van der Waals surface area contributed by atoms with E-state index < -0.39 is 0 Å². The van der Waals surface area contributed by atoms with Crippen LogP contribution in [0.15, 0.2) is 6.07 Å². The molecule has 1 unspecified atom stereocenters. The Morgan fingerprint density at radius 1 is 1.53 bits per heavy atom. The van der Waals surface area contributed by atoms with Gasteiger partial charge < -0.3 is 10.1 Å². The minimum atomic E-state index is 0.271. The van der Waals surface area contributed by atoms with Crippen molar-refractivity contribution in [3.63, 3.8) is 0 Å². The first kappa shape index (κ1) is 13.1. The summed E-state index contributed by atoms with van der Waals surface area (Å²) in [6.07, 6.45) is 3.50. The van der Waals surface area contributed by atoms with Crippen LogP contribution < -0.4 is 5.32 Å². The molecule has 1 N–H and O–H groups in total. The van der Waals surface area contributed by atoms with E-state index in [-0.39, 0.29) is 6.10 Å². The molecule has 6 heteroatoms. The van der Waals surface area contributed by atoms with E-state index in [0.717, 1.165) is 42.6 Å². The summed E-state index contributed by atoms with van der Waals surface area (Å²) >= 11 is 7.89. The smallest absolute Gasteiger partial charge is 0.225 e. The normalized spacial score (nSPS) is 19.2. The Bertz CT molecular complexity index is 581. The van der Waals surface area contributed by atoms with E-state index in [4.69, 9.17) is 16.3 Å². The molecule has 1 fully saturated rings. The second-order valence-electron chi connectivity index (χ2n) is 4.64. The molecule has 19 heavy (non-hydrogen) atoms. The van der Waals surface area contributed by atoms with Crippen LogP contribution in [0.3, 0.4) is 0 Å². The highest BCUT2D eigenvalue weighted by Gasteiger charge is 2.16. The Balaban J connectivity index is 1.79. The third kappa shape index (κ3) is 2.83. The second kappa shape index (κ2) is 5.61. The van der Waals surface area contributed by atoms with Crippen LogP contribution in [0.5, 0.6) is 0 Å². The lowest BCUT2D eigenvalue weighted by Gasteiger charge is -2.10. The Morgan fingerprint density at radius 2 is 2.42 bits per heavy atom. The lowest BCUT2D eigenvalue weighted by molar-refractivity contribution is 0.120. The molecule has 2 aromatic rings. The maximum atomic E-state index is 6.21. The quantitative estimate of drug-likeness (QED) is 0.878. The molecule has 0 aliphatic carbocycles. The van der Waals surface area contributed by atoms with Crippen LogP contribution in [0, 0.1) is 0 Å². The van der Waals surface area contributed by atoms with Crippen molar-refractivity contribution in [1.29, 1.82) is 0 Å². The predicted molar refractivity (Wildman–Crippen MR) is 79.3 cm³/mol. The van der Waals surface area contributed by atoms with Crippen molar-refractivity contribution in [3.05, 3.63) is 16.1 Å².